The van der Waals surface area contributed by atoms with Crippen LogP contribution in [-0.2, 0) is 0 Å². The quantitative estimate of drug-likeness (QED) is 0.634. The van der Waals surface area contributed by atoms with E-state index in [9.17, 15) is 0 Å². The van der Waals surface area contributed by atoms with Gasteiger partial charge in [-0.15, -0.1) is 0 Å². The van der Waals surface area contributed by atoms with Crippen molar-refractivity contribution in [1.29, 1.82) is 0 Å². The molecule has 0 unspecified atom stereocenters. The molecule has 0 nitrogen and oxygen atoms in total. The highest BCUT2D eigenvalue weighted by atomic mass is 79.9. The van der Waals surface area contributed by atoms with Gasteiger partial charge in [-0.05, 0) is 4.99 Å². The SMILES string of the molecule is C=CC=CBr.ClC=CC=CCl. The summed E-state index contributed by atoms with van der Waals surface area (Å²) >= 11 is 13.2. The minimum Gasteiger partial charge on any atom is -0.0990 e. The number of halogens is 3. The molecular weight excluding hydrogens is 247 g/mol. The normalized spacial score (nSPS) is 10.5. The van der Waals surface area contributed by atoms with Crippen LogP contribution in [0.1, 0.15) is 0 Å². The molecule has 0 aliphatic heterocycles. The molecule has 0 aliphatic carbocycles. The molecule has 11 heavy (non-hydrogen) atoms. The lowest BCUT2D eigenvalue weighted by molar-refractivity contribution is 2.08. The van der Waals surface area contributed by atoms with Crippen molar-refractivity contribution in [3.05, 3.63) is 46.9 Å². The summed E-state index contributed by atoms with van der Waals surface area (Å²) in [5.41, 5.74) is 2.78. The Balaban J connectivity index is 0. The van der Waals surface area contributed by atoms with E-state index in [1.807, 2.05) is 0 Å². The molecular formula is C8H9BrCl2. The van der Waals surface area contributed by atoms with E-state index >= 15 is 0 Å². The van der Waals surface area contributed by atoms with Crippen LogP contribution in [0.2, 0.25) is 0 Å². The number of hydrogen-bond donors (Lipinski definition) is 0. The molecule has 0 aliphatic rings. The number of allylic oxidation sites excluding steroid dienone is 4. The number of rotatable bonds is 2. The predicted octanol–water partition coefficient (Wildman–Crippen LogP) is 4.57. The Kier molecular flexibility index (Phi) is 20.5. The predicted molar refractivity (Wildman–Crippen MR) is 58.3 cm³/mol. The van der Waals surface area contributed by atoms with Gasteiger partial charge in [0.2, 0.25) is 0 Å². The molecule has 0 radical (unpaired) electrons. The van der Waals surface area contributed by atoms with Crippen molar-refractivity contribution in [3.63, 3.8) is 0 Å². The van der Waals surface area contributed by atoms with Crippen LogP contribution >= 0.6 is 39.1 Å². The van der Waals surface area contributed by atoms with Gasteiger partial charge in [-0.2, -0.15) is 0 Å². The van der Waals surface area contributed by atoms with Crippen molar-refractivity contribution in [2.75, 3.05) is 0 Å². The summed E-state index contributed by atoms with van der Waals surface area (Å²) < 4.78 is 0. The fourth-order valence-electron chi connectivity index (χ4n) is 0.135. The highest BCUT2D eigenvalue weighted by Crippen LogP contribution is 1.81. The Morgan fingerprint density at radius 1 is 1.00 bits per heavy atom. The lowest BCUT2D eigenvalue weighted by Crippen LogP contribution is -1.34. The van der Waals surface area contributed by atoms with Gasteiger partial charge in [-0.25, -0.2) is 0 Å². The summed E-state index contributed by atoms with van der Waals surface area (Å²) in [5.74, 6) is 0. The molecule has 0 aromatic heterocycles. The zero-order valence-corrected chi connectivity index (χ0v) is 8.98. The minimum absolute atomic E-state index is 1.39. The first kappa shape index (κ1) is 13.6. The van der Waals surface area contributed by atoms with E-state index in [1.54, 1.807) is 29.3 Å². The smallest absolute Gasteiger partial charge is 0.00427 e. The molecule has 0 aromatic rings. The van der Waals surface area contributed by atoms with Gasteiger partial charge in [-0.3, -0.25) is 0 Å². The van der Waals surface area contributed by atoms with Gasteiger partial charge in [0.15, 0.2) is 0 Å². The Labute approximate surface area is 86.0 Å². The van der Waals surface area contributed by atoms with Crippen molar-refractivity contribution in [3.8, 4) is 0 Å². The van der Waals surface area contributed by atoms with Crippen LogP contribution in [0.25, 0.3) is 0 Å². The van der Waals surface area contributed by atoms with Crippen LogP contribution in [0.4, 0.5) is 0 Å². The third-order valence-electron chi connectivity index (χ3n) is 0.465. The maximum atomic E-state index is 5.09. The molecule has 0 saturated heterocycles. The molecule has 0 spiro atoms. The van der Waals surface area contributed by atoms with Crippen molar-refractivity contribution < 1.29 is 0 Å². The maximum Gasteiger partial charge on any atom is 0.00427 e. The molecule has 0 bridgehead atoms. The second kappa shape index (κ2) is 16.5. The lowest BCUT2D eigenvalue weighted by atomic mass is 10.6. The largest absolute Gasteiger partial charge is 0.0990 e. The van der Waals surface area contributed by atoms with Crippen molar-refractivity contribution in [2.45, 2.75) is 0 Å². The van der Waals surface area contributed by atoms with Crippen LogP contribution < -0.4 is 0 Å². The standard InChI is InChI=1S/C4H5Br.C4H4Cl2/c1-2-3-4-5;5-3-1-2-4-6/h2-4H,1H2;1-4H. The van der Waals surface area contributed by atoms with E-state index in [1.165, 1.54) is 11.1 Å². The molecule has 0 rings (SSSR count). The molecule has 62 valence electrons. The Morgan fingerprint density at radius 2 is 1.45 bits per heavy atom. The molecule has 0 atom stereocenters. The van der Waals surface area contributed by atoms with Gasteiger partial charge >= 0.3 is 0 Å². The third kappa shape index (κ3) is 25.6. The summed E-state index contributed by atoms with van der Waals surface area (Å²) in [6.45, 7) is 3.43. The Morgan fingerprint density at radius 3 is 1.55 bits per heavy atom. The summed E-state index contributed by atoms with van der Waals surface area (Å²) in [7, 11) is 0. The highest BCUT2D eigenvalue weighted by molar-refractivity contribution is 9.11. The average molecular weight is 256 g/mol. The molecule has 0 amide bonds. The Hall–Kier alpha value is 0.0200. The summed E-state index contributed by atoms with van der Waals surface area (Å²) in [4.78, 5) is 1.75. The van der Waals surface area contributed by atoms with Gasteiger partial charge in [0.05, 0.1) is 0 Å². The first-order valence-corrected chi connectivity index (χ1v) is 4.52. The van der Waals surface area contributed by atoms with E-state index in [2.05, 4.69) is 22.5 Å². The van der Waals surface area contributed by atoms with E-state index in [-0.39, 0.29) is 0 Å². The van der Waals surface area contributed by atoms with Crippen molar-refractivity contribution >= 4 is 39.1 Å². The van der Waals surface area contributed by atoms with E-state index in [0.29, 0.717) is 0 Å². The van der Waals surface area contributed by atoms with Gasteiger partial charge in [0.1, 0.15) is 0 Å². The molecule has 0 N–H and O–H groups in total. The average Bonchev–Trinajstić information content (AvgIpc) is 2.04. The summed E-state index contributed by atoms with van der Waals surface area (Å²) in [6, 6.07) is 0. The Bertz CT molecular complexity index is 138. The van der Waals surface area contributed by atoms with Gasteiger partial charge in [0, 0.05) is 11.1 Å². The van der Waals surface area contributed by atoms with E-state index in [4.69, 9.17) is 23.2 Å². The highest BCUT2D eigenvalue weighted by Gasteiger charge is 1.52. The monoisotopic (exact) mass is 254 g/mol. The van der Waals surface area contributed by atoms with Gasteiger partial charge < -0.3 is 0 Å². The zero-order valence-electron chi connectivity index (χ0n) is 5.88. The van der Waals surface area contributed by atoms with Gasteiger partial charge in [-0.1, -0.05) is 70.0 Å². The minimum atomic E-state index is 1.39. The first-order chi connectivity index (χ1) is 5.33. The lowest BCUT2D eigenvalue weighted by Gasteiger charge is -1.59. The summed E-state index contributed by atoms with van der Waals surface area (Å²) in [6.07, 6.45) is 6.78. The number of hydrogen-bond acceptors (Lipinski definition) is 0. The molecule has 3 heteroatoms. The van der Waals surface area contributed by atoms with E-state index in [0.717, 1.165) is 0 Å². The molecule has 0 fully saturated rings. The third-order valence-corrected chi connectivity index (χ3v) is 1.06. The maximum absolute atomic E-state index is 5.09. The second-order valence-electron chi connectivity index (χ2n) is 1.19. The van der Waals surface area contributed by atoms with Crippen LogP contribution in [0.3, 0.4) is 0 Å². The van der Waals surface area contributed by atoms with Crippen LogP contribution in [0, 0.1) is 0 Å². The zero-order chi connectivity index (χ0) is 8.95. The van der Waals surface area contributed by atoms with Gasteiger partial charge in [0.25, 0.3) is 0 Å². The fraction of sp³-hybridized carbons (Fsp3) is 0. The van der Waals surface area contributed by atoms with E-state index < -0.39 is 0 Å². The first-order valence-electron chi connectivity index (χ1n) is 2.73. The fourth-order valence-corrected chi connectivity index (χ4v) is 0.519. The molecule has 0 heterocycles. The topological polar surface area (TPSA) is 0 Å². The van der Waals surface area contributed by atoms with Crippen LogP contribution in [0.15, 0.2) is 46.9 Å². The van der Waals surface area contributed by atoms with Crippen molar-refractivity contribution in [2.24, 2.45) is 0 Å². The summed E-state index contributed by atoms with van der Waals surface area (Å²) in [5, 5.41) is 0. The molecule has 0 saturated carbocycles. The van der Waals surface area contributed by atoms with Crippen molar-refractivity contribution in [1.82, 2.24) is 0 Å². The second-order valence-corrected chi connectivity index (χ2v) is 2.22. The van der Waals surface area contributed by atoms with Crippen LogP contribution in [0.5, 0.6) is 0 Å². The molecule has 0 aromatic carbocycles. The van der Waals surface area contributed by atoms with Crippen LogP contribution in [-0.4, -0.2) is 0 Å².